The summed E-state index contributed by atoms with van der Waals surface area (Å²) >= 11 is 0. The molecule has 5 aromatic rings. The second-order valence-electron chi connectivity index (χ2n) is 17.9. The third-order valence-corrected chi connectivity index (χ3v) is 13.8. The van der Waals surface area contributed by atoms with Crippen LogP contribution >= 0.6 is 0 Å². The number of nitrogens with zero attached hydrogens (tertiary/aromatic N) is 1. The van der Waals surface area contributed by atoms with Crippen LogP contribution in [0, 0.1) is 6.92 Å². The van der Waals surface area contributed by atoms with Gasteiger partial charge in [-0.05, 0) is 169 Å². The van der Waals surface area contributed by atoms with Crippen molar-refractivity contribution in [3.63, 3.8) is 0 Å². The average molecular weight is 936 g/mol. The zero-order chi connectivity index (χ0) is 51.0. The van der Waals surface area contributed by atoms with Gasteiger partial charge in [0.25, 0.3) is 0 Å². The second kappa shape index (κ2) is 28.6. The summed E-state index contributed by atoms with van der Waals surface area (Å²) in [7, 11) is 0. The predicted molar refractivity (Wildman–Crippen MR) is 316 cm³/mol. The maximum Gasteiger partial charge on any atom is 0.0436 e. The van der Waals surface area contributed by atoms with E-state index in [1.807, 2.05) is 58.9 Å². The number of hydrogen-bond donors (Lipinski definition) is 0. The van der Waals surface area contributed by atoms with Crippen LogP contribution in [0.1, 0.15) is 128 Å². The van der Waals surface area contributed by atoms with Crippen LogP contribution in [-0.2, 0) is 5.41 Å². The first-order valence-corrected chi connectivity index (χ1v) is 26.4. The van der Waals surface area contributed by atoms with Crippen molar-refractivity contribution < 1.29 is 0 Å². The maximum atomic E-state index is 3.51. The molecule has 1 atom stereocenters. The monoisotopic (exact) mass is 936 g/mol. The maximum absolute atomic E-state index is 3.51. The average Bonchev–Trinajstić information content (AvgIpc) is 4.06. The Hall–Kier alpha value is -6.96. The van der Waals surface area contributed by atoms with Gasteiger partial charge >= 0.3 is 0 Å². The molecule has 0 N–H and O–H groups in total. The number of aryl methyl sites for hydroxylation is 1. The second-order valence-corrected chi connectivity index (χ2v) is 17.9. The molecule has 1 saturated carbocycles. The SMILES string of the molecule is C=C/C=C\C=C/C.CC.CC.C\C=C/C1=C(\C=C\N(C\C=C/C(=C/C)C(/C)=C2/C=CC=CC2)c2ccc(-c3ccc(C)c(-c4ccccc4C4CCCC4)c3)cc2)C(C)(c2ccccc2)c2ccccc21. The van der Waals surface area contributed by atoms with Crippen molar-refractivity contribution in [2.45, 2.75) is 113 Å². The van der Waals surface area contributed by atoms with E-state index in [-0.39, 0.29) is 5.41 Å². The Balaban J connectivity index is 0.000000777. The molecule has 0 spiro atoms. The third kappa shape index (κ3) is 13.7. The van der Waals surface area contributed by atoms with Crippen molar-refractivity contribution in [2.24, 2.45) is 0 Å². The number of benzene rings is 5. The lowest BCUT2D eigenvalue weighted by Gasteiger charge is -2.30. The van der Waals surface area contributed by atoms with Gasteiger partial charge in [0.2, 0.25) is 0 Å². The summed E-state index contributed by atoms with van der Waals surface area (Å²) in [5.41, 5.74) is 19.4. The number of fused-ring (bicyclic) bond motifs is 1. The first-order chi connectivity index (χ1) is 34.8. The van der Waals surface area contributed by atoms with E-state index in [1.54, 1.807) is 6.08 Å². The van der Waals surface area contributed by atoms with Gasteiger partial charge in [-0.1, -0.05) is 235 Å². The quantitative estimate of drug-likeness (QED) is 0.100. The standard InChI is InChI=1S/C59H59N.C7H10.2C2H6/c1-6-21-54-55-31-18-19-32-57(55)59(5,50-27-12-9-13-28-50)58(54)39-41-60(40-20-26-45(7-2)44(4)46-22-10-8-11-23-46)51-37-35-47(36-38-51)49-34-33-43(3)56(42-49)53-30-17-16-29-52(53)48-24-14-15-25-48;1-3-5-7-6-4-2;2*1-2/h6-13,16-22,26-39,41-42,48H,14-15,23-25,40H2,1-5H3;3-7H,1H2,2H3;2*1-2H3/b21-6-,26-20-,41-39+,45-7-,46-44-;6-4-,7-5-;;. The molecule has 0 amide bonds. The lowest BCUT2D eigenvalue weighted by atomic mass is 9.73. The smallest absolute Gasteiger partial charge is 0.0436 e. The molecule has 1 heteroatoms. The fourth-order valence-electron chi connectivity index (χ4n) is 10.0. The molecule has 366 valence electrons. The Morgan fingerprint density at radius 2 is 1.38 bits per heavy atom. The molecule has 1 nitrogen and oxygen atoms in total. The summed E-state index contributed by atoms with van der Waals surface area (Å²) in [6.45, 7) is 25.4. The molecule has 0 aliphatic heterocycles. The van der Waals surface area contributed by atoms with Crippen LogP contribution in [0.15, 0.2) is 248 Å². The van der Waals surface area contributed by atoms with Crippen molar-refractivity contribution in [3.8, 4) is 22.3 Å². The first-order valence-electron chi connectivity index (χ1n) is 26.4. The van der Waals surface area contributed by atoms with Crippen LogP contribution in [0.5, 0.6) is 0 Å². The van der Waals surface area contributed by atoms with Crippen LogP contribution < -0.4 is 4.90 Å². The lowest BCUT2D eigenvalue weighted by molar-refractivity contribution is 0.706. The van der Waals surface area contributed by atoms with E-state index >= 15 is 0 Å². The fourth-order valence-corrected chi connectivity index (χ4v) is 10.0. The van der Waals surface area contributed by atoms with E-state index in [9.17, 15) is 0 Å². The minimum atomic E-state index is -0.308. The first kappa shape index (κ1) is 55.0. The normalized spacial score (nSPS) is 17.4. The van der Waals surface area contributed by atoms with Gasteiger partial charge in [-0.2, -0.15) is 0 Å². The molecule has 8 rings (SSSR count). The van der Waals surface area contributed by atoms with E-state index in [4.69, 9.17) is 0 Å². The minimum Gasteiger partial charge on any atom is -0.344 e. The Morgan fingerprint density at radius 1 is 0.704 bits per heavy atom. The Labute approximate surface area is 430 Å². The highest BCUT2D eigenvalue weighted by Gasteiger charge is 2.40. The summed E-state index contributed by atoms with van der Waals surface area (Å²) in [6.07, 6.45) is 40.5. The summed E-state index contributed by atoms with van der Waals surface area (Å²) in [5, 5.41) is 0. The van der Waals surface area contributed by atoms with E-state index in [0.29, 0.717) is 5.92 Å². The van der Waals surface area contributed by atoms with Gasteiger partial charge in [0, 0.05) is 23.8 Å². The molecule has 0 aromatic heterocycles. The zero-order valence-corrected chi connectivity index (χ0v) is 44.8. The van der Waals surface area contributed by atoms with Gasteiger partial charge in [0.05, 0.1) is 0 Å². The van der Waals surface area contributed by atoms with Crippen LogP contribution in [0.25, 0.3) is 27.8 Å². The molecule has 3 aliphatic rings. The summed E-state index contributed by atoms with van der Waals surface area (Å²) in [5.74, 6) is 0.663. The summed E-state index contributed by atoms with van der Waals surface area (Å²) < 4.78 is 0. The van der Waals surface area contributed by atoms with Gasteiger partial charge in [-0.25, -0.2) is 0 Å². The fraction of sp³-hybridized carbons (Fsp3) is 0.257. The molecule has 5 aromatic carbocycles. The molecule has 0 heterocycles. The zero-order valence-electron chi connectivity index (χ0n) is 44.8. The topological polar surface area (TPSA) is 3.24 Å². The van der Waals surface area contributed by atoms with Gasteiger partial charge in [0.1, 0.15) is 0 Å². The van der Waals surface area contributed by atoms with Gasteiger partial charge in [-0.3, -0.25) is 0 Å². The van der Waals surface area contributed by atoms with Crippen LogP contribution in [0.3, 0.4) is 0 Å². The number of hydrogen-bond acceptors (Lipinski definition) is 1. The van der Waals surface area contributed by atoms with E-state index in [1.165, 1.54) is 104 Å². The lowest BCUT2D eigenvalue weighted by Crippen LogP contribution is -2.24. The molecular formula is C70H81N. The van der Waals surface area contributed by atoms with Crippen molar-refractivity contribution in [1.82, 2.24) is 0 Å². The van der Waals surface area contributed by atoms with Gasteiger partial charge in [0.15, 0.2) is 0 Å². The highest BCUT2D eigenvalue weighted by Crippen LogP contribution is 2.51. The molecule has 1 unspecified atom stereocenters. The van der Waals surface area contributed by atoms with Gasteiger partial charge in [-0.15, -0.1) is 0 Å². The van der Waals surface area contributed by atoms with Crippen molar-refractivity contribution in [2.75, 3.05) is 11.4 Å². The van der Waals surface area contributed by atoms with Crippen molar-refractivity contribution >= 4 is 11.3 Å². The Morgan fingerprint density at radius 3 is 2.04 bits per heavy atom. The third-order valence-electron chi connectivity index (χ3n) is 13.8. The molecular weight excluding hydrogens is 855 g/mol. The Bertz CT molecular complexity index is 2800. The van der Waals surface area contributed by atoms with E-state index < -0.39 is 0 Å². The van der Waals surface area contributed by atoms with Crippen molar-refractivity contribution in [1.29, 1.82) is 0 Å². The number of allylic oxidation sites excluding steroid dienone is 19. The highest BCUT2D eigenvalue weighted by atomic mass is 15.1. The molecule has 0 saturated heterocycles. The minimum absolute atomic E-state index is 0.308. The number of rotatable bonds is 14. The van der Waals surface area contributed by atoms with E-state index in [0.717, 1.165) is 18.7 Å². The van der Waals surface area contributed by atoms with Crippen LogP contribution in [-0.4, -0.2) is 6.54 Å². The molecule has 3 aliphatic carbocycles. The number of anilines is 1. The predicted octanol–water partition coefficient (Wildman–Crippen LogP) is 20.3. The molecule has 1 fully saturated rings. The van der Waals surface area contributed by atoms with E-state index in [2.05, 4.69) is 234 Å². The summed E-state index contributed by atoms with van der Waals surface area (Å²) in [6, 6.07) is 45.3. The Kier molecular flexibility index (Phi) is 22.2. The van der Waals surface area contributed by atoms with Crippen molar-refractivity contribution in [3.05, 3.63) is 275 Å². The van der Waals surface area contributed by atoms with Crippen LogP contribution in [0.2, 0.25) is 0 Å². The highest BCUT2D eigenvalue weighted by molar-refractivity contribution is 5.89. The molecule has 71 heavy (non-hydrogen) atoms. The molecule has 0 bridgehead atoms. The largest absolute Gasteiger partial charge is 0.344 e. The van der Waals surface area contributed by atoms with Gasteiger partial charge < -0.3 is 4.90 Å². The van der Waals surface area contributed by atoms with Crippen LogP contribution in [0.4, 0.5) is 5.69 Å². The summed E-state index contributed by atoms with van der Waals surface area (Å²) in [4.78, 5) is 2.40. The molecule has 0 radical (unpaired) electrons.